The SMILES string of the molecule is O=C(Oc1ccc2c(c1)C(=O)OC2=O)C(=O)Oc1ccc2c(c1)C(=O)OC2=O. The molecule has 2 aliphatic heterocycles. The van der Waals surface area contributed by atoms with Crippen LogP contribution < -0.4 is 9.47 Å². The van der Waals surface area contributed by atoms with E-state index in [-0.39, 0.29) is 33.8 Å². The molecule has 0 saturated carbocycles. The van der Waals surface area contributed by atoms with Crippen molar-refractivity contribution in [1.29, 1.82) is 0 Å². The molecule has 0 aromatic heterocycles. The maximum atomic E-state index is 11.9. The second-order valence-corrected chi connectivity index (χ2v) is 5.55. The number of fused-ring (bicyclic) bond motifs is 2. The van der Waals surface area contributed by atoms with E-state index in [0.29, 0.717) is 0 Å². The zero-order valence-electron chi connectivity index (χ0n) is 13.5. The van der Waals surface area contributed by atoms with Gasteiger partial charge in [-0.3, -0.25) is 0 Å². The van der Waals surface area contributed by atoms with Crippen LogP contribution in [0, 0.1) is 0 Å². The summed E-state index contributed by atoms with van der Waals surface area (Å²) in [5, 5.41) is 0. The highest BCUT2D eigenvalue weighted by Crippen LogP contribution is 2.26. The number of benzene rings is 2. The minimum Gasteiger partial charge on any atom is -0.418 e. The summed E-state index contributed by atoms with van der Waals surface area (Å²) >= 11 is 0. The Morgan fingerprint density at radius 3 is 1.32 bits per heavy atom. The molecule has 0 N–H and O–H groups in total. The van der Waals surface area contributed by atoms with Crippen LogP contribution in [-0.2, 0) is 19.1 Å². The first-order valence-corrected chi connectivity index (χ1v) is 7.58. The number of hydrogen-bond donors (Lipinski definition) is 0. The van der Waals surface area contributed by atoms with E-state index in [2.05, 4.69) is 9.47 Å². The number of rotatable bonds is 2. The average molecular weight is 382 g/mol. The lowest BCUT2D eigenvalue weighted by molar-refractivity contribution is -0.156. The molecule has 0 saturated heterocycles. The Morgan fingerprint density at radius 1 is 0.571 bits per heavy atom. The number of carbonyl (C=O) groups is 6. The lowest BCUT2D eigenvalue weighted by atomic mass is 10.1. The lowest BCUT2D eigenvalue weighted by Gasteiger charge is -2.06. The van der Waals surface area contributed by atoms with E-state index in [1.165, 1.54) is 24.3 Å². The molecule has 10 heteroatoms. The largest absolute Gasteiger partial charge is 0.423 e. The number of ether oxygens (including phenoxy) is 4. The van der Waals surface area contributed by atoms with Crippen molar-refractivity contribution in [3.63, 3.8) is 0 Å². The summed E-state index contributed by atoms with van der Waals surface area (Å²) < 4.78 is 18.4. The topological polar surface area (TPSA) is 139 Å². The highest BCUT2D eigenvalue weighted by Gasteiger charge is 2.32. The fraction of sp³-hybridized carbons (Fsp3) is 0. The summed E-state index contributed by atoms with van der Waals surface area (Å²) in [5.41, 5.74) is -0.199. The number of esters is 6. The van der Waals surface area contributed by atoms with Crippen LogP contribution in [0.15, 0.2) is 36.4 Å². The Hall–Kier alpha value is -4.34. The van der Waals surface area contributed by atoms with Gasteiger partial charge in [0, 0.05) is 0 Å². The predicted molar refractivity (Wildman–Crippen MR) is 83.6 cm³/mol. The maximum absolute atomic E-state index is 11.9. The predicted octanol–water partition coefficient (Wildman–Crippen LogP) is 0.819. The van der Waals surface area contributed by atoms with Gasteiger partial charge in [0.1, 0.15) is 11.5 Å². The molecular weight excluding hydrogens is 376 g/mol. The van der Waals surface area contributed by atoms with Crippen LogP contribution in [-0.4, -0.2) is 35.8 Å². The molecule has 0 unspecified atom stereocenters. The number of cyclic esters (lactones) is 4. The van der Waals surface area contributed by atoms with Gasteiger partial charge in [0.05, 0.1) is 22.3 Å². The van der Waals surface area contributed by atoms with Crippen LogP contribution in [0.25, 0.3) is 0 Å². The summed E-state index contributed by atoms with van der Waals surface area (Å²) in [4.78, 5) is 69.5. The zero-order valence-corrected chi connectivity index (χ0v) is 13.5. The standard InChI is InChI=1S/C18H6O10/c19-13-9-3-1-7(5-11(9)15(21)27-13)25-17(23)18(24)26-8-2-4-10-12(6-8)16(22)28-14(10)20/h1-6H. The molecule has 0 atom stereocenters. The van der Waals surface area contributed by atoms with E-state index in [1.807, 2.05) is 0 Å². The molecule has 2 aromatic rings. The molecule has 0 spiro atoms. The van der Waals surface area contributed by atoms with Crippen LogP contribution in [0.5, 0.6) is 11.5 Å². The first kappa shape index (κ1) is 17.1. The monoisotopic (exact) mass is 382 g/mol. The van der Waals surface area contributed by atoms with E-state index in [1.54, 1.807) is 0 Å². The van der Waals surface area contributed by atoms with E-state index < -0.39 is 35.8 Å². The van der Waals surface area contributed by atoms with Gasteiger partial charge in [-0.2, -0.15) is 0 Å². The van der Waals surface area contributed by atoms with Gasteiger partial charge in [0.15, 0.2) is 0 Å². The molecule has 0 bridgehead atoms. The van der Waals surface area contributed by atoms with Gasteiger partial charge in [-0.1, -0.05) is 0 Å². The zero-order chi connectivity index (χ0) is 20.0. The van der Waals surface area contributed by atoms with Crippen LogP contribution in [0.3, 0.4) is 0 Å². The summed E-state index contributed by atoms with van der Waals surface area (Å²) in [6.45, 7) is 0. The van der Waals surface area contributed by atoms with Crippen molar-refractivity contribution in [2.75, 3.05) is 0 Å². The molecule has 0 aliphatic carbocycles. The van der Waals surface area contributed by atoms with Crippen molar-refractivity contribution in [2.45, 2.75) is 0 Å². The van der Waals surface area contributed by atoms with Crippen molar-refractivity contribution in [2.24, 2.45) is 0 Å². The molecule has 10 nitrogen and oxygen atoms in total. The van der Waals surface area contributed by atoms with Crippen LogP contribution >= 0.6 is 0 Å². The first-order valence-electron chi connectivity index (χ1n) is 7.58. The molecule has 2 aromatic carbocycles. The Kier molecular flexibility index (Phi) is 3.74. The fourth-order valence-electron chi connectivity index (χ4n) is 2.55. The molecule has 0 fully saturated rings. The third-order valence-corrected chi connectivity index (χ3v) is 3.82. The number of hydrogen-bond acceptors (Lipinski definition) is 10. The van der Waals surface area contributed by atoms with E-state index >= 15 is 0 Å². The molecule has 28 heavy (non-hydrogen) atoms. The minimum absolute atomic E-state index is 0.00643. The molecule has 0 amide bonds. The highest BCUT2D eigenvalue weighted by molar-refractivity contribution is 6.31. The molecule has 2 aliphatic rings. The minimum atomic E-state index is -1.42. The Labute approximate surface area is 154 Å². The molecular formula is C18H6O10. The van der Waals surface area contributed by atoms with Crippen LogP contribution in [0.1, 0.15) is 41.4 Å². The lowest BCUT2D eigenvalue weighted by Crippen LogP contribution is -2.25. The van der Waals surface area contributed by atoms with Crippen molar-refractivity contribution < 1.29 is 47.7 Å². The second-order valence-electron chi connectivity index (χ2n) is 5.55. The van der Waals surface area contributed by atoms with Gasteiger partial charge >= 0.3 is 35.8 Å². The summed E-state index contributed by atoms with van der Waals surface area (Å²) in [7, 11) is 0. The van der Waals surface area contributed by atoms with Crippen LogP contribution in [0.2, 0.25) is 0 Å². The van der Waals surface area contributed by atoms with Gasteiger partial charge in [-0.05, 0) is 36.4 Å². The van der Waals surface area contributed by atoms with Crippen molar-refractivity contribution >= 4 is 35.8 Å². The van der Waals surface area contributed by atoms with E-state index in [9.17, 15) is 28.8 Å². The average Bonchev–Trinajstić information content (AvgIpc) is 3.10. The normalized spacial score (nSPS) is 14.1. The van der Waals surface area contributed by atoms with Crippen molar-refractivity contribution in [1.82, 2.24) is 0 Å². The molecule has 4 rings (SSSR count). The molecule has 2 heterocycles. The fourth-order valence-corrected chi connectivity index (χ4v) is 2.55. The van der Waals surface area contributed by atoms with Crippen molar-refractivity contribution in [3.05, 3.63) is 58.7 Å². The highest BCUT2D eigenvalue weighted by atomic mass is 16.6. The first-order chi connectivity index (χ1) is 13.3. The van der Waals surface area contributed by atoms with Crippen LogP contribution in [0.4, 0.5) is 0 Å². The van der Waals surface area contributed by atoms with E-state index in [4.69, 9.17) is 9.47 Å². The second kappa shape index (κ2) is 6.13. The quantitative estimate of drug-likeness (QED) is 0.317. The van der Waals surface area contributed by atoms with Gasteiger partial charge < -0.3 is 18.9 Å². The smallest absolute Gasteiger partial charge is 0.418 e. The Bertz CT molecular complexity index is 1040. The maximum Gasteiger partial charge on any atom is 0.423 e. The van der Waals surface area contributed by atoms with Gasteiger partial charge in [0.2, 0.25) is 0 Å². The van der Waals surface area contributed by atoms with Gasteiger partial charge in [-0.15, -0.1) is 0 Å². The van der Waals surface area contributed by atoms with Gasteiger partial charge in [-0.25, -0.2) is 28.8 Å². The summed E-state index contributed by atoms with van der Waals surface area (Å²) in [5.74, 6) is -6.67. The van der Waals surface area contributed by atoms with Crippen molar-refractivity contribution in [3.8, 4) is 11.5 Å². The third-order valence-electron chi connectivity index (χ3n) is 3.82. The molecule has 138 valence electrons. The Morgan fingerprint density at radius 2 is 0.929 bits per heavy atom. The van der Waals surface area contributed by atoms with Gasteiger partial charge in [0.25, 0.3) is 0 Å². The van der Waals surface area contributed by atoms with E-state index in [0.717, 1.165) is 12.1 Å². The molecule has 0 radical (unpaired) electrons. The Balaban J connectivity index is 1.47. The summed E-state index contributed by atoms with van der Waals surface area (Å²) in [6, 6.07) is 6.95. The third kappa shape index (κ3) is 2.78. The summed E-state index contributed by atoms with van der Waals surface area (Å²) in [6.07, 6.45) is 0. The number of carbonyl (C=O) groups excluding carboxylic acids is 6.